The fourth-order valence-electron chi connectivity index (χ4n) is 2.31. The molecule has 3 aromatic rings. The van der Waals surface area contributed by atoms with Crippen LogP contribution in [0.15, 0.2) is 54.7 Å². The van der Waals surface area contributed by atoms with Gasteiger partial charge in [-0.1, -0.05) is 35.3 Å². The molecule has 0 spiro atoms. The molecule has 0 saturated carbocycles. The summed E-state index contributed by atoms with van der Waals surface area (Å²) < 4.78 is 6.59. The van der Waals surface area contributed by atoms with Crippen molar-refractivity contribution in [2.24, 2.45) is 0 Å². The van der Waals surface area contributed by atoms with Gasteiger partial charge in [0.25, 0.3) is 11.8 Å². The Kier molecular flexibility index (Phi) is 5.63. The van der Waals surface area contributed by atoms with E-state index in [0.29, 0.717) is 15.7 Å². The van der Waals surface area contributed by atoms with Gasteiger partial charge in [0.1, 0.15) is 5.75 Å². The quantitative estimate of drug-likeness (QED) is 0.653. The van der Waals surface area contributed by atoms with Crippen LogP contribution in [0.4, 0.5) is 0 Å². The van der Waals surface area contributed by atoms with E-state index in [1.807, 2.05) is 6.07 Å². The van der Waals surface area contributed by atoms with Gasteiger partial charge < -0.3 is 4.74 Å². The molecule has 2 aromatic carbocycles. The van der Waals surface area contributed by atoms with Gasteiger partial charge in [0, 0.05) is 11.2 Å². The molecule has 0 atom stereocenters. The molecule has 0 bridgehead atoms. The van der Waals surface area contributed by atoms with E-state index in [2.05, 4.69) is 16.0 Å². The number of hydrazine groups is 1. The predicted molar refractivity (Wildman–Crippen MR) is 102 cm³/mol. The lowest BCUT2D eigenvalue weighted by Gasteiger charge is -2.10. The van der Waals surface area contributed by atoms with Gasteiger partial charge in [0.05, 0.1) is 23.4 Å². The zero-order valence-corrected chi connectivity index (χ0v) is 15.6. The first kappa shape index (κ1) is 18.8. The maximum atomic E-state index is 12.3. The number of hydrogen-bond acceptors (Lipinski definition) is 4. The van der Waals surface area contributed by atoms with Crippen molar-refractivity contribution in [3.05, 3.63) is 76.0 Å². The standard InChI is InChI=1S/C18H14Cl2N4O3/c1-27-16-10-11(19)6-7-12(16)17(25)21-22-18(26)14-8-9-24(23-14)15-5-3-2-4-13(15)20/h2-10H,1H3,(H,21,25)(H,22,26). The van der Waals surface area contributed by atoms with Gasteiger partial charge in [-0.15, -0.1) is 0 Å². The van der Waals surface area contributed by atoms with Crippen LogP contribution in [0.1, 0.15) is 20.8 Å². The summed E-state index contributed by atoms with van der Waals surface area (Å²) in [6.07, 6.45) is 1.60. The topological polar surface area (TPSA) is 85.3 Å². The molecule has 7 nitrogen and oxygen atoms in total. The summed E-state index contributed by atoms with van der Waals surface area (Å²) in [5, 5.41) is 5.09. The highest BCUT2D eigenvalue weighted by Gasteiger charge is 2.16. The van der Waals surface area contributed by atoms with Crippen molar-refractivity contribution in [3.63, 3.8) is 0 Å². The van der Waals surface area contributed by atoms with Crippen molar-refractivity contribution in [2.75, 3.05) is 7.11 Å². The fourth-order valence-corrected chi connectivity index (χ4v) is 2.70. The van der Waals surface area contributed by atoms with E-state index in [1.165, 1.54) is 30.0 Å². The molecule has 1 heterocycles. The van der Waals surface area contributed by atoms with Gasteiger partial charge in [-0.25, -0.2) is 4.68 Å². The van der Waals surface area contributed by atoms with Crippen molar-refractivity contribution in [3.8, 4) is 11.4 Å². The normalized spacial score (nSPS) is 10.3. The number of aromatic nitrogens is 2. The Balaban J connectivity index is 1.68. The summed E-state index contributed by atoms with van der Waals surface area (Å²) in [4.78, 5) is 24.5. The zero-order valence-electron chi connectivity index (χ0n) is 14.1. The summed E-state index contributed by atoms with van der Waals surface area (Å²) in [5.41, 5.74) is 5.59. The van der Waals surface area contributed by atoms with Crippen LogP contribution in [0, 0.1) is 0 Å². The highest BCUT2D eigenvalue weighted by Crippen LogP contribution is 2.23. The minimum absolute atomic E-state index is 0.110. The number of carbonyl (C=O) groups is 2. The van der Waals surface area contributed by atoms with Crippen molar-refractivity contribution in [1.82, 2.24) is 20.6 Å². The summed E-state index contributed by atoms with van der Waals surface area (Å²) in [5.74, 6) is -0.846. The molecule has 138 valence electrons. The third-order valence-electron chi connectivity index (χ3n) is 3.62. The summed E-state index contributed by atoms with van der Waals surface area (Å²) in [7, 11) is 1.42. The first-order valence-electron chi connectivity index (χ1n) is 7.74. The van der Waals surface area contributed by atoms with Crippen molar-refractivity contribution in [1.29, 1.82) is 0 Å². The van der Waals surface area contributed by atoms with Gasteiger partial charge >= 0.3 is 0 Å². The number of hydrogen-bond donors (Lipinski definition) is 2. The molecule has 27 heavy (non-hydrogen) atoms. The summed E-state index contributed by atoms with van der Waals surface area (Å²) in [6, 6.07) is 13.1. The molecule has 0 aliphatic rings. The second-order valence-electron chi connectivity index (χ2n) is 5.35. The lowest BCUT2D eigenvalue weighted by atomic mass is 10.2. The highest BCUT2D eigenvalue weighted by atomic mass is 35.5. The monoisotopic (exact) mass is 404 g/mol. The van der Waals surface area contributed by atoms with Gasteiger partial charge in [0.15, 0.2) is 5.69 Å². The molecule has 3 rings (SSSR count). The van der Waals surface area contributed by atoms with E-state index >= 15 is 0 Å². The predicted octanol–water partition coefficient (Wildman–Crippen LogP) is 3.26. The molecule has 0 fully saturated rings. The molecule has 9 heteroatoms. The molecule has 2 amide bonds. The molecule has 0 aliphatic heterocycles. The Bertz CT molecular complexity index is 1000. The number of amides is 2. The third-order valence-corrected chi connectivity index (χ3v) is 4.17. The van der Waals surface area contributed by atoms with Crippen LogP contribution < -0.4 is 15.6 Å². The largest absolute Gasteiger partial charge is 0.496 e. The molecule has 0 saturated heterocycles. The van der Waals surface area contributed by atoms with Crippen molar-refractivity contribution in [2.45, 2.75) is 0 Å². The third kappa shape index (κ3) is 4.21. The maximum Gasteiger partial charge on any atom is 0.290 e. The van der Waals surface area contributed by atoms with Crippen LogP contribution in [0.5, 0.6) is 5.75 Å². The number of nitrogens with zero attached hydrogens (tertiary/aromatic N) is 2. The number of benzene rings is 2. The van der Waals surface area contributed by atoms with E-state index in [-0.39, 0.29) is 17.0 Å². The van der Waals surface area contributed by atoms with Gasteiger partial charge in [-0.3, -0.25) is 20.4 Å². The number of halogens is 2. The zero-order chi connectivity index (χ0) is 19.4. The molecule has 2 N–H and O–H groups in total. The number of carbonyl (C=O) groups excluding carboxylic acids is 2. The Labute approximate surface area is 164 Å². The van der Waals surface area contributed by atoms with Crippen LogP contribution in [0.25, 0.3) is 5.69 Å². The number of methoxy groups -OCH3 is 1. The van der Waals surface area contributed by atoms with Crippen LogP contribution in [0.3, 0.4) is 0 Å². The number of nitrogens with one attached hydrogen (secondary N) is 2. The average molecular weight is 405 g/mol. The Hall–Kier alpha value is -3.03. The number of ether oxygens (including phenoxy) is 1. The van der Waals surface area contributed by atoms with E-state index in [9.17, 15) is 9.59 Å². The second-order valence-corrected chi connectivity index (χ2v) is 6.19. The average Bonchev–Trinajstić information content (AvgIpc) is 3.16. The molecular weight excluding hydrogens is 391 g/mol. The van der Waals surface area contributed by atoms with E-state index in [0.717, 1.165) is 0 Å². The van der Waals surface area contributed by atoms with Crippen LogP contribution in [0.2, 0.25) is 10.0 Å². The van der Waals surface area contributed by atoms with Crippen LogP contribution in [-0.4, -0.2) is 28.7 Å². The minimum atomic E-state index is -0.581. The SMILES string of the molecule is COc1cc(Cl)ccc1C(=O)NNC(=O)c1ccn(-c2ccccc2Cl)n1. The lowest BCUT2D eigenvalue weighted by molar-refractivity contribution is 0.0842. The van der Waals surface area contributed by atoms with Crippen LogP contribution >= 0.6 is 23.2 Å². The second kappa shape index (κ2) is 8.11. The summed E-state index contributed by atoms with van der Waals surface area (Å²) in [6.45, 7) is 0. The van der Waals surface area contributed by atoms with Gasteiger partial charge in [-0.05, 0) is 36.4 Å². The molecule has 1 aromatic heterocycles. The fraction of sp³-hybridized carbons (Fsp3) is 0.0556. The lowest BCUT2D eigenvalue weighted by Crippen LogP contribution is -2.42. The van der Waals surface area contributed by atoms with Gasteiger partial charge in [0.2, 0.25) is 0 Å². The number of rotatable bonds is 4. The van der Waals surface area contributed by atoms with Gasteiger partial charge in [-0.2, -0.15) is 5.10 Å². The molecule has 0 radical (unpaired) electrons. The maximum absolute atomic E-state index is 12.3. The van der Waals surface area contributed by atoms with Crippen molar-refractivity contribution >= 4 is 35.0 Å². The first-order chi connectivity index (χ1) is 13.0. The Morgan fingerprint density at radius 1 is 1.04 bits per heavy atom. The summed E-state index contributed by atoms with van der Waals surface area (Å²) >= 11 is 12.0. The minimum Gasteiger partial charge on any atom is -0.496 e. The molecular formula is C18H14Cl2N4O3. The molecule has 0 aliphatic carbocycles. The number of para-hydroxylation sites is 1. The van der Waals surface area contributed by atoms with Crippen LogP contribution in [-0.2, 0) is 0 Å². The van der Waals surface area contributed by atoms with Crippen molar-refractivity contribution < 1.29 is 14.3 Å². The molecule has 0 unspecified atom stereocenters. The van der Waals surface area contributed by atoms with E-state index in [1.54, 1.807) is 30.5 Å². The first-order valence-corrected chi connectivity index (χ1v) is 8.50. The Morgan fingerprint density at radius 2 is 1.78 bits per heavy atom. The van der Waals surface area contributed by atoms with E-state index in [4.69, 9.17) is 27.9 Å². The highest BCUT2D eigenvalue weighted by molar-refractivity contribution is 6.32. The Morgan fingerprint density at radius 3 is 2.52 bits per heavy atom. The smallest absolute Gasteiger partial charge is 0.290 e. The van der Waals surface area contributed by atoms with E-state index < -0.39 is 11.8 Å².